The van der Waals surface area contributed by atoms with Gasteiger partial charge in [0.1, 0.15) is 11.5 Å². The van der Waals surface area contributed by atoms with Crippen molar-refractivity contribution in [3.63, 3.8) is 0 Å². The fourth-order valence-electron chi connectivity index (χ4n) is 3.83. The second-order valence-corrected chi connectivity index (χ2v) is 8.96. The third kappa shape index (κ3) is 5.80. The van der Waals surface area contributed by atoms with E-state index in [1.165, 1.54) is 24.2 Å². The zero-order chi connectivity index (χ0) is 27.4. The molecule has 1 aliphatic heterocycles. The minimum absolute atomic E-state index is 0.0395. The Morgan fingerprint density at radius 1 is 1.00 bits per heavy atom. The highest BCUT2D eigenvalue weighted by atomic mass is 35.5. The number of anilines is 2. The van der Waals surface area contributed by atoms with Gasteiger partial charge in [-0.25, -0.2) is 4.79 Å². The molecule has 2 aromatic carbocycles. The Bertz CT molecular complexity index is 1470. The van der Waals surface area contributed by atoms with E-state index in [2.05, 4.69) is 10.6 Å². The van der Waals surface area contributed by atoms with E-state index >= 15 is 0 Å². The third-order valence-electron chi connectivity index (χ3n) is 5.53. The van der Waals surface area contributed by atoms with Gasteiger partial charge in [-0.3, -0.25) is 19.3 Å². The SMILES string of the molecule is COC(=O)C1=C(C)N(c2cc(Cl)cc(Cl)c2)C(=O)/C1=C/c1ccc(CNC(=O)C(=O)Nc2ccccc2)o1. The highest BCUT2D eigenvalue weighted by molar-refractivity contribution is 6.39. The number of furan rings is 1. The van der Waals surface area contributed by atoms with Gasteiger partial charge in [0.05, 0.1) is 30.5 Å². The van der Waals surface area contributed by atoms with Gasteiger partial charge in [-0.15, -0.1) is 0 Å². The first-order valence-electron chi connectivity index (χ1n) is 11.2. The molecule has 0 fully saturated rings. The number of nitrogens with one attached hydrogen (secondary N) is 2. The normalized spacial score (nSPS) is 14.2. The molecule has 0 atom stereocenters. The quantitative estimate of drug-likeness (QED) is 0.259. The molecule has 1 aliphatic rings. The van der Waals surface area contributed by atoms with Crippen LogP contribution in [0.5, 0.6) is 0 Å². The van der Waals surface area contributed by atoms with Crippen molar-refractivity contribution in [2.45, 2.75) is 13.5 Å². The number of ether oxygens (including phenoxy) is 1. The van der Waals surface area contributed by atoms with Crippen LogP contribution in [-0.2, 0) is 30.5 Å². The smallest absolute Gasteiger partial charge is 0.340 e. The molecular weight excluding hydrogens is 533 g/mol. The van der Waals surface area contributed by atoms with E-state index in [-0.39, 0.29) is 23.5 Å². The first kappa shape index (κ1) is 26.7. The maximum Gasteiger partial charge on any atom is 0.340 e. The first-order chi connectivity index (χ1) is 18.2. The Hall–Kier alpha value is -4.34. The van der Waals surface area contributed by atoms with Crippen molar-refractivity contribution in [2.75, 3.05) is 17.3 Å². The molecule has 0 saturated heterocycles. The summed E-state index contributed by atoms with van der Waals surface area (Å²) in [6.45, 7) is 1.52. The van der Waals surface area contributed by atoms with Crippen molar-refractivity contribution in [3.05, 3.63) is 99.1 Å². The second kappa shape index (κ2) is 11.4. The maximum atomic E-state index is 13.4. The van der Waals surface area contributed by atoms with Crippen molar-refractivity contribution in [2.24, 2.45) is 0 Å². The van der Waals surface area contributed by atoms with Crippen LogP contribution < -0.4 is 15.5 Å². The molecule has 0 aliphatic carbocycles. The number of benzene rings is 2. The average molecular weight is 554 g/mol. The topological polar surface area (TPSA) is 118 Å². The predicted molar refractivity (Wildman–Crippen MR) is 142 cm³/mol. The average Bonchev–Trinajstić information content (AvgIpc) is 3.43. The highest BCUT2D eigenvalue weighted by Crippen LogP contribution is 2.37. The van der Waals surface area contributed by atoms with Crippen LogP contribution in [0.2, 0.25) is 10.0 Å². The Morgan fingerprint density at radius 3 is 2.34 bits per heavy atom. The lowest BCUT2D eigenvalue weighted by Gasteiger charge is -2.18. The lowest BCUT2D eigenvalue weighted by molar-refractivity contribution is -0.136. The molecule has 4 rings (SSSR count). The van der Waals surface area contributed by atoms with Gasteiger partial charge in [-0.2, -0.15) is 0 Å². The van der Waals surface area contributed by atoms with Crippen LogP contribution in [0.1, 0.15) is 18.4 Å². The summed E-state index contributed by atoms with van der Waals surface area (Å²) in [5.74, 6) is -2.33. The van der Waals surface area contributed by atoms with Crippen LogP contribution in [0.4, 0.5) is 11.4 Å². The Balaban J connectivity index is 1.52. The molecule has 3 amide bonds. The zero-order valence-corrected chi connectivity index (χ0v) is 21.7. The summed E-state index contributed by atoms with van der Waals surface area (Å²) < 4.78 is 10.6. The number of halogens is 2. The fraction of sp³-hybridized carbons (Fsp3) is 0.111. The Morgan fingerprint density at radius 2 is 1.68 bits per heavy atom. The first-order valence-corrected chi connectivity index (χ1v) is 12.0. The molecule has 3 aromatic rings. The van der Waals surface area contributed by atoms with Crippen LogP contribution in [0.25, 0.3) is 6.08 Å². The number of amides is 3. The van der Waals surface area contributed by atoms with E-state index in [1.54, 1.807) is 61.5 Å². The molecule has 9 nitrogen and oxygen atoms in total. The van der Waals surface area contributed by atoms with Gasteiger partial charge in [-0.1, -0.05) is 41.4 Å². The molecule has 38 heavy (non-hydrogen) atoms. The number of rotatable bonds is 6. The molecule has 0 radical (unpaired) electrons. The van der Waals surface area contributed by atoms with Gasteiger partial charge in [0, 0.05) is 21.4 Å². The summed E-state index contributed by atoms with van der Waals surface area (Å²) in [5, 5.41) is 5.59. The molecule has 194 valence electrons. The number of methoxy groups -OCH3 is 1. The number of hydrogen-bond donors (Lipinski definition) is 2. The lowest BCUT2D eigenvalue weighted by Crippen LogP contribution is -2.34. The number of allylic oxidation sites excluding steroid dienone is 1. The molecular formula is C27H21Cl2N3O6. The molecule has 0 saturated carbocycles. The number of carbonyl (C=O) groups is 4. The summed E-state index contributed by atoms with van der Waals surface area (Å²) >= 11 is 12.2. The van der Waals surface area contributed by atoms with Crippen molar-refractivity contribution in [1.29, 1.82) is 0 Å². The van der Waals surface area contributed by atoms with Crippen LogP contribution >= 0.6 is 23.2 Å². The number of nitrogens with zero attached hydrogens (tertiary/aromatic N) is 1. The van der Waals surface area contributed by atoms with Crippen LogP contribution in [0.3, 0.4) is 0 Å². The summed E-state index contributed by atoms with van der Waals surface area (Å²) in [5.41, 5.74) is 1.29. The molecule has 2 heterocycles. The van der Waals surface area contributed by atoms with Crippen LogP contribution in [-0.4, -0.2) is 30.8 Å². The molecule has 1 aromatic heterocycles. The number of para-hydroxylation sites is 1. The predicted octanol–water partition coefficient (Wildman–Crippen LogP) is 4.72. The van der Waals surface area contributed by atoms with Gasteiger partial charge in [0.2, 0.25) is 0 Å². The van der Waals surface area contributed by atoms with E-state index in [0.29, 0.717) is 32.9 Å². The lowest BCUT2D eigenvalue weighted by atomic mass is 10.1. The standard InChI is InChI=1S/C27H21Cl2N3O6/c1-15-23(27(36)37-2)22(26(35)32(15)19-11-16(28)10-17(29)12-19)13-20-8-9-21(38-20)14-30-24(33)25(34)31-18-6-4-3-5-7-18/h3-13H,14H2,1-2H3,(H,30,33)(H,31,34)/b22-13+. The van der Waals surface area contributed by atoms with E-state index < -0.39 is 23.7 Å². The van der Waals surface area contributed by atoms with Gasteiger partial charge >= 0.3 is 17.8 Å². The highest BCUT2D eigenvalue weighted by Gasteiger charge is 2.38. The Labute approximate surface area is 227 Å². The molecule has 0 bridgehead atoms. The number of esters is 1. The molecule has 0 unspecified atom stereocenters. The van der Waals surface area contributed by atoms with E-state index in [4.69, 9.17) is 32.4 Å². The zero-order valence-electron chi connectivity index (χ0n) is 20.2. The van der Waals surface area contributed by atoms with Crippen LogP contribution in [0, 0.1) is 0 Å². The van der Waals surface area contributed by atoms with Crippen LogP contribution in [0.15, 0.2) is 81.9 Å². The van der Waals surface area contributed by atoms with Gasteiger partial charge < -0.3 is 19.8 Å². The second-order valence-electron chi connectivity index (χ2n) is 8.09. The van der Waals surface area contributed by atoms with E-state index in [1.807, 2.05) is 0 Å². The minimum Gasteiger partial charge on any atom is -0.465 e. The van der Waals surface area contributed by atoms with Crippen molar-refractivity contribution in [1.82, 2.24) is 5.32 Å². The molecule has 11 heteroatoms. The van der Waals surface area contributed by atoms with Crippen molar-refractivity contribution < 1.29 is 28.3 Å². The summed E-state index contributed by atoms with van der Waals surface area (Å²) in [6, 6.07) is 16.3. The van der Waals surface area contributed by atoms with Crippen molar-refractivity contribution in [3.8, 4) is 0 Å². The summed E-state index contributed by atoms with van der Waals surface area (Å²) in [7, 11) is 1.21. The minimum atomic E-state index is -0.849. The Kier molecular flexibility index (Phi) is 7.99. The van der Waals surface area contributed by atoms with Gasteiger partial charge in [0.25, 0.3) is 5.91 Å². The van der Waals surface area contributed by atoms with Crippen molar-refractivity contribution >= 4 is 64.3 Å². The number of carbonyl (C=O) groups excluding carboxylic acids is 4. The van der Waals surface area contributed by atoms with E-state index in [0.717, 1.165) is 0 Å². The molecule has 2 N–H and O–H groups in total. The largest absolute Gasteiger partial charge is 0.465 e. The van der Waals surface area contributed by atoms with Gasteiger partial charge in [-0.05, 0) is 55.5 Å². The molecule has 0 spiro atoms. The van der Waals surface area contributed by atoms with E-state index in [9.17, 15) is 19.2 Å². The monoisotopic (exact) mass is 553 g/mol. The summed E-state index contributed by atoms with van der Waals surface area (Å²) in [6.07, 6.45) is 1.40. The fourth-order valence-corrected chi connectivity index (χ4v) is 4.34. The number of hydrogen-bond acceptors (Lipinski definition) is 6. The van der Waals surface area contributed by atoms with Gasteiger partial charge in [0.15, 0.2) is 0 Å². The maximum absolute atomic E-state index is 13.4. The third-order valence-corrected chi connectivity index (χ3v) is 5.96. The summed E-state index contributed by atoms with van der Waals surface area (Å²) in [4.78, 5) is 51.5.